The lowest BCUT2D eigenvalue weighted by Gasteiger charge is -2.18. The summed E-state index contributed by atoms with van der Waals surface area (Å²) >= 11 is 0. The molecule has 0 aromatic heterocycles. The summed E-state index contributed by atoms with van der Waals surface area (Å²) in [5.41, 5.74) is 0.0430. The summed E-state index contributed by atoms with van der Waals surface area (Å²) in [5.74, 6) is -0.989. The first-order valence-corrected chi connectivity index (χ1v) is 5.72. The van der Waals surface area contributed by atoms with Crippen LogP contribution in [-0.2, 0) is 10.3 Å². The lowest BCUT2D eigenvalue weighted by molar-refractivity contribution is 0.263. The average Bonchev–Trinajstić information content (AvgIpc) is 2.66. The fourth-order valence-corrected chi connectivity index (χ4v) is 1.88. The Hall–Kier alpha value is -1.45. The molecule has 0 amide bonds. The molecule has 92 valence electrons. The maximum Gasteiger partial charge on any atom is 0.184 e. The van der Waals surface area contributed by atoms with E-state index in [1.165, 1.54) is 6.07 Å². The van der Waals surface area contributed by atoms with Gasteiger partial charge in [0.25, 0.3) is 0 Å². The van der Waals surface area contributed by atoms with Crippen LogP contribution in [0.25, 0.3) is 0 Å². The van der Waals surface area contributed by atoms with Crippen molar-refractivity contribution in [3.05, 3.63) is 35.4 Å². The molecule has 0 aliphatic carbocycles. The van der Waals surface area contributed by atoms with Crippen molar-refractivity contribution in [2.24, 2.45) is 4.99 Å². The first kappa shape index (κ1) is 12.0. The van der Waals surface area contributed by atoms with Crippen molar-refractivity contribution in [3.8, 4) is 0 Å². The molecule has 0 radical (unpaired) electrons. The smallest absolute Gasteiger partial charge is 0.184 e. The maximum absolute atomic E-state index is 13.2. The van der Waals surface area contributed by atoms with Crippen LogP contribution in [0.2, 0.25) is 0 Å². The van der Waals surface area contributed by atoms with Crippen molar-refractivity contribution < 1.29 is 13.5 Å². The Balaban J connectivity index is 2.30. The summed E-state index contributed by atoms with van der Waals surface area (Å²) in [6.07, 6.45) is 1.73. The molecular weight excluding hydrogens is 224 g/mol. The third-order valence-corrected chi connectivity index (χ3v) is 2.90. The monoisotopic (exact) mass is 239 g/mol. The minimum absolute atomic E-state index is 0.382. The lowest BCUT2D eigenvalue weighted by Crippen LogP contribution is -2.21. The molecule has 1 aliphatic heterocycles. The predicted octanol–water partition coefficient (Wildman–Crippen LogP) is 3.41. The van der Waals surface area contributed by atoms with E-state index in [9.17, 15) is 8.78 Å². The van der Waals surface area contributed by atoms with Crippen molar-refractivity contribution in [2.45, 2.75) is 32.2 Å². The number of benzene rings is 1. The molecule has 1 aromatic carbocycles. The van der Waals surface area contributed by atoms with Crippen LogP contribution < -0.4 is 0 Å². The molecule has 0 bridgehead atoms. The SMILES string of the molecule is CCCC1=N[C@@](C)(c2ccc(F)c(F)c2)CO1. The second kappa shape index (κ2) is 4.43. The van der Waals surface area contributed by atoms with E-state index in [0.29, 0.717) is 18.1 Å². The number of ether oxygens (including phenoxy) is 1. The Morgan fingerprint density at radius 1 is 1.35 bits per heavy atom. The average molecular weight is 239 g/mol. The third kappa shape index (κ3) is 2.30. The zero-order valence-corrected chi connectivity index (χ0v) is 9.96. The van der Waals surface area contributed by atoms with Gasteiger partial charge in [0.15, 0.2) is 17.5 Å². The summed E-state index contributed by atoms with van der Waals surface area (Å²) in [5, 5.41) is 0. The highest BCUT2D eigenvalue weighted by molar-refractivity contribution is 5.78. The van der Waals surface area contributed by atoms with Crippen molar-refractivity contribution in [1.82, 2.24) is 0 Å². The quantitative estimate of drug-likeness (QED) is 0.792. The second-order valence-electron chi connectivity index (χ2n) is 4.45. The van der Waals surface area contributed by atoms with Gasteiger partial charge in [-0.2, -0.15) is 0 Å². The van der Waals surface area contributed by atoms with Crippen molar-refractivity contribution in [1.29, 1.82) is 0 Å². The Morgan fingerprint density at radius 3 is 2.76 bits per heavy atom. The van der Waals surface area contributed by atoms with E-state index in [-0.39, 0.29) is 0 Å². The molecule has 1 aliphatic rings. The highest BCUT2D eigenvalue weighted by Gasteiger charge is 2.33. The van der Waals surface area contributed by atoms with E-state index in [1.807, 2.05) is 13.8 Å². The van der Waals surface area contributed by atoms with E-state index >= 15 is 0 Å². The summed E-state index contributed by atoms with van der Waals surface area (Å²) in [6.45, 7) is 4.29. The Kier molecular flexibility index (Phi) is 3.13. The molecule has 0 unspecified atom stereocenters. The van der Waals surface area contributed by atoms with Crippen LogP contribution in [0.15, 0.2) is 23.2 Å². The van der Waals surface area contributed by atoms with E-state index in [2.05, 4.69) is 4.99 Å². The van der Waals surface area contributed by atoms with Gasteiger partial charge in [0, 0.05) is 6.42 Å². The standard InChI is InChI=1S/C13H15F2NO/c1-3-4-12-16-13(2,8-17-12)9-5-6-10(14)11(15)7-9/h5-7H,3-4,8H2,1-2H3/t13-/m1/s1. The Bertz CT molecular complexity index is 459. The van der Waals surface area contributed by atoms with Gasteiger partial charge in [-0.3, -0.25) is 0 Å². The molecule has 1 heterocycles. The van der Waals surface area contributed by atoms with Gasteiger partial charge in [-0.25, -0.2) is 13.8 Å². The minimum atomic E-state index is -0.845. The number of nitrogens with zero attached hydrogens (tertiary/aromatic N) is 1. The van der Waals surface area contributed by atoms with E-state index in [0.717, 1.165) is 18.9 Å². The predicted molar refractivity (Wildman–Crippen MR) is 62.0 cm³/mol. The first-order chi connectivity index (χ1) is 8.05. The van der Waals surface area contributed by atoms with Gasteiger partial charge in [-0.1, -0.05) is 13.0 Å². The second-order valence-corrected chi connectivity index (χ2v) is 4.45. The Morgan fingerprint density at radius 2 is 2.12 bits per heavy atom. The molecule has 17 heavy (non-hydrogen) atoms. The van der Waals surface area contributed by atoms with E-state index in [1.54, 1.807) is 6.07 Å². The molecule has 1 atom stereocenters. The molecular formula is C13H15F2NO. The van der Waals surface area contributed by atoms with E-state index in [4.69, 9.17) is 4.74 Å². The fraction of sp³-hybridized carbons (Fsp3) is 0.462. The van der Waals surface area contributed by atoms with Gasteiger partial charge in [-0.05, 0) is 31.0 Å². The topological polar surface area (TPSA) is 21.6 Å². The van der Waals surface area contributed by atoms with E-state index < -0.39 is 17.2 Å². The van der Waals surface area contributed by atoms with Crippen LogP contribution in [0.1, 0.15) is 32.3 Å². The van der Waals surface area contributed by atoms with Crippen molar-refractivity contribution >= 4 is 5.90 Å². The van der Waals surface area contributed by atoms with Gasteiger partial charge >= 0.3 is 0 Å². The summed E-state index contributed by atoms with van der Waals surface area (Å²) in [6, 6.07) is 3.88. The fourth-order valence-electron chi connectivity index (χ4n) is 1.88. The number of aliphatic imine (C=N–C) groups is 1. The van der Waals surface area contributed by atoms with Crippen LogP contribution in [0, 0.1) is 11.6 Å². The summed E-state index contributed by atoms with van der Waals surface area (Å²) in [4.78, 5) is 4.46. The van der Waals surface area contributed by atoms with Crippen LogP contribution in [-0.4, -0.2) is 12.5 Å². The first-order valence-electron chi connectivity index (χ1n) is 5.72. The number of hydrogen-bond donors (Lipinski definition) is 0. The van der Waals surface area contributed by atoms with Gasteiger partial charge < -0.3 is 4.74 Å². The number of halogens is 2. The van der Waals surface area contributed by atoms with Gasteiger partial charge in [0.2, 0.25) is 0 Å². The lowest BCUT2D eigenvalue weighted by atomic mass is 9.94. The maximum atomic E-state index is 13.2. The van der Waals surface area contributed by atoms with Crippen molar-refractivity contribution in [2.75, 3.05) is 6.61 Å². The van der Waals surface area contributed by atoms with Crippen LogP contribution >= 0.6 is 0 Å². The zero-order chi connectivity index (χ0) is 12.5. The van der Waals surface area contributed by atoms with Crippen LogP contribution in [0.4, 0.5) is 8.78 Å². The third-order valence-electron chi connectivity index (χ3n) is 2.90. The van der Waals surface area contributed by atoms with Gasteiger partial charge in [0.05, 0.1) is 0 Å². The molecule has 2 rings (SSSR count). The molecule has 0 spiro atoms. The molecule has 1 aromatic rings. The molecule has 0 N–H and O–H groups in total. The van der Waals surface area contributed by atoms with Crippen molar-refractivity contribution in [3.63, 3.8) is 0 Å². The Labute approximate surface area is 99.3 Å². The van der Waals surface area contributed by atoms with Gasteiger partial charge in [0.1, 0.15) is 12.1 Å². The highest BCUT2D eigenvalue weighted by Crippen LogP contribution is 2.31. The molecule has 2 nitrogen and oxygen atoms in total. The summed E-state index contributed by atoms with van der Waals surface area (Å²) < 4.78 is 31.5. The zero-order valence-electron chi connectivity index (χ0n) is 9.96. The largest absolute Gasteiger partial charge is 0.478 e. The normalized spacial score (nSPS) is 23.4. The molecule has 0 saturated carbocycles. The molecule has 4 heteroatoms. The van der Waals surface area contributed by atoms with Gasteiger partial charge in [-0.15, -0.1) is 0 Å². The number of hydrogen-bond acceptors (Lipinski definition) is 2. The van der Waals surface area contributed by atoms with Crippen LogP contribution in [0.3, 0.4) is 0 Å². The van der Waals surface area contributed by atoms with Crippen LogP contribution in [0.5, 0.6) is 0 Å². The molecule has 0 fully saturated rings. The number of rotatable bonds is 3. The summed E-state index contributed by atoms with van der Waals surface area (Å²) in [7, 11) is 0. The minimum Gasteiger partial charge on any atom is -0.478 e. The molecule has 0 saturated heterocycles. The highest BCUT2D eigenvalue weighted by atomic mass is 19.2.